The van der Waals surface area contributed by atoms with Crippen LogP contribution in [0.15, 0.2) is 65.8 Å². The first-order valence-corrected chi connectivity index (χ1v) is 12.9. The second-order valence-corrected chi connectivity index (χ2v) is 8.80. The van der Waals surface area contributed by atoms with Crippen LogP contribution in [0.3, 0.4) is 0 Å². The highest BCUT2D eigenvalue weighted by Gasteiger charge is 2.13. The third kappa shape index (κ3) is 9.16. The molecule has 0 fully saturated rings. The first kappa shape index (κ1) is 29.7. The van der Waals surface area contributed by atoms with Gasteiger partial charge in [0.15, 0.2) is 18.1 Å². The Morgan fingerprint density at radius 2 is 1.52 bits per heavy atom. The maximum atomic E-state index is 12.4. The van der Waals surface area contributed by atoms with Crippen LogP contribution in [0.5, 0.6) is 17.2 Å². The predicted molar refractivity (Wildman–Crippen MR) is 154 cm³/mol. The van der Waals surface area contributed by atoms with Crippen molar-refractivity contribution in [3.05, 3.63) is 77.4 Å². The number of rotatable bonds is 12. The Balaban J connectivity index is 1.52. The lowest BCUT2D eigenvalue weighted by molar-refractivity contribution is -0.136. The quantitative estimate of drug-likeness (QED) is 0.173. The number of hydrogen-bond acceptors (Lipinski definition) is 7. The molecule has 3 rings (SSSR count). The van der Waals surface area contributed by atoms with E-state index in [2.05, 4.69) is 21.2 Å². The van der Waals surface area contributed by atoms with Crippen LogP contribution in [0, 0.1) is 13.8 Å². The van der Waals surface area contributed by atoms with Crippen molar-refractivity contribution >= 4 is 35.3 Å². The number of carbonyl (C=O) groups is 3. The van der Waals surface area contributed by atoms with E-state index in [4.69, 9.17) is 14.2 Å². The first-order chi connectivity index (χ1) is 19.3. The second kappa shape index (κ2) is 14.9. The van der Waals surface area contributed by atoms with Crippen LogP contribution in [-0.4, -0.2) is 43.8 Å². The third-order valence-electron chi connectivity index (χ3n) is 5.59. The van der Waals surface area contributed by atoms with Crippen molar-refractivity contribution in [2.75, 3.05) is 30.5 Å². The highest BCUT2D eigenvalue weighted by Crippen LogP contribution is 2.28. The van der Waals surface area contributed by atoms with Crippen molar-refractivity contribution in [1.82, 2.24) is 5.43 Å². The van der Waals surface area contributed by atoms with E-state index in [1.165, 1.54) is 6.21 Å². The SMILES string of the molecule is CCCOc1ccc(NC(=O)C(=O)N/N=C\c2ccc(OCC(=O)Nc3ccc(C)c(C)c3)c(OCC)c2)cc1. The fourth-order valence-corrected chi connectivity index (χ4v) is 3.41. The van der Waals surface area contributed by atoms with Gasteiger partial charge in [0.1, 0.15) is 5.75 Å². The summed E-state index contributed by atoms with van der Waals surface area (Å²) in [4.78, 5) is 36.7. The van der Waals surface area contributed by atoms with Gasteiger partial charge in [0.2, 0.25) is 0 Å². The molecule has 0 saturated carbocycles. The summed E-state index contributed by atoms with van der Waals surface area (Å²) < 4.78 is 16.8. The van der Waals surface area contributed by atoms with Gasteiger partial charge in [-0.1, -0.05) is 13.0 Å². The number of benzene rings is 3. The van der Waals surface area contributed by atoms with E-state index in [9.17, 15) is 14.4 Å². The molecule has 3 aromatic carbocycles. The standard InChI is InChI=1S/C30H34N4O6/c1-5-15-39-25-12-10-23(11-13-25)33-29(36)30(37)34-31-18-22-8-14-26(27(17-22)38-6-2)40-19-28(35)32-24-9-7-20(3)21(4)16-24/h7-14,16-18H,5-6,15,19H2,1-4H3,(H,32,35)(H,33,36)(H,34,37)/b31-18-. The van der Waals surface area contributed by atoms with Crippen LogP contribution in [0.4, 0.5) is 11.4 Å². The number of carbonyl (C=O) groups excluding carboxylic acids is 3. The minimum Gasteiger partial charge on any atom is -0.494 e. The minimum atomic E-state index is -0.928. The molecule has 0 atom stereocenters. The van der Waals surface area contributed by atoms with Crippen LogP contribution >= 0.6 is 0 Å². The van der Waals surface area contributed by atoms with Crippen molar-refractivity contribution in [3.8, 4) is 17.2 Å². The molecule has 40 heavy (non-hydrogen) atoms. The van der Waals surface area contributed by atoms with Crippen LogP contribution in [0.1, 0.15) is 37.0 Å². The number of amides is 3. The van der Waals surface area contributed by atoms with Gasteiger partial charge in [0.05, 0.1) is 19.4 Å². The Labute approximate surface area is 233 Å². The molecular weight excluding hydrogens is 512 g/mol. The highest BCUT2D eigenvalue weighted by molar-refractivity contribution is 6.39. The van der Waals surface area contributed by atoms with Gasteiger partial charge in [0.25, 0.3) is 5.91 Å². The summed E-state index contributed by atoms with van der Waals surface area (Å²) >= 11 is 0. The smallest absolute Gasteiger partial charge is 0.329 e. The van der Waals surface area contributed by atoms with Gasteiger partial charge in [0, 0.05) is 11.4 Å². The molecule has 3 amide bonds. The monoisotopic (exact) mass is 546 g/mol. The zero-order chi connectivity index (χ0) is 28.9. The topological polar surface area (TPSA) is 127 Å². The van der Waals surface area contributed by atoms with Gasteiger partial charge in [-0.05, 0) is 98.5 Å². The number of aryl methyl sites for hydroxylation is 2. The Morgan fingerprint density at radius 3 is 2.23 bits per heavy atom. The number of ether oxygens (including phenoxy) is 3. The summed E-state index contributed by atoms with van der Waals surface area (Å²) in [7, 11) is 0. The van der Waals surface area contributed by atoms with Crippen LogP contribution in [0.2, 0.25) is 0 Å². The number of hydrogen-bond donors (Lipinski definition) is 3. The molecule has 0 bridgehead atoms. The van der Waals surface area contributed by atoms with Gasteiger partial charge in [-0.2, -0.15) is 5.10 Å². The molecular formula is C30H34N4O6. The van der Waals surface area contributed by atoms with E-state index < -0.39 is 11.8 Å². The van der Waals surface area contributed by atoms with Crippen molar-refractivity contribution in [2.45, 2.75) is 34.1 Å². The molecule has 210 valence electrons. The maximum Gasteiger partial charge on any atom is 0.329 e. The van der Waals surface area contributed by atoms with Crippen molar-refractivity contribution in [3.63, 3.8) is 0 Å². The van der Waals surface area contributed by atoms with E-state index >= 15 is 0 Å². The fraction of sp³-hybridized carbons (Fsp3) is 0.267. The van der Waals surface area contributed by atoms with Crippen LogP contribution in [-0.2, 0) is 14.4 Å². The fourth-order valence-electron chi connectivity index (χ4n) is 3.41. The number of anilines is 2. The Kier molecular flexibility index (Phi) is 11.1. The largest absolute Gasteiger partial charge is 0.494 e. The first-order valence-electron chi connectivity index (χ1n) is 12.9. The number of hydrazone groups is 1. The van der Waals surface area contributed by atoms with E-state index in [0.717, 1.165) is 17.5 Å². The van der Waals surface area contributed by atoms with Gasteiger partial charge in [-0.25, -0.2) is 5.43 Å². The molecule has 0 aliphatic carbocycles. The second-order valence-electron chi connectivity index (χ2n) is 8.80. The minimum absolute atomic E-state index is 0.208. The zero-order valence-corrected chi connectivity index (χ0v) is 23.1. The predicted octanol–water partition coefficient (Wildman–Crippen LogP) is 4.60. The summed E-state index contributed by atoms with van der Waals surface area (Å²) in [5.74, 6) is -0.639. The molecule has 3 aromatic rings. The molecule has 0 aromatic heterocycles. The normalized spacial score (nSPS) is 10.6. The molecule has 0 radical (unpaired) electrons. The number of nitrogens with one attached hydrogen (secondary N) is 3. The lowest BCUT2D eigenvalue weighted by atomic mass is 10.1. The summed E-state index contributed by atoms with van der Waals surface area (Å²) in [5.41, 5.74) is 6.14. The van der Waals surface area contributed by atoms with Gasteiger partial charge >= 0.3 is 11.8 Å². The Morgan fingerprint density at radius 1 is 0.775 bits per heavy atom. The highest BCUT2D eigenvalue weighted by atomic mass is 16.5. The Hall–Kier alpha value is -4.86. The van der Waals surface area contributed by atoms with Crippen molar-refractivity contribution in [2.24, 2.45) is 5.10 Å². The summed E-state index contributed by atoms with van der Waals surface area (Å²) in [6.07, 6.45) is 2.25. The van der Waals surface area contributed by atoms with Crippen molar-refractivity contribution in [1.29, 1.82) is 0 Å². The van der Waals surface area contributed by atoms with Crippen LogP contribution < -0.4 is 30.3 Å². The van der Waals surface area contributed by atoms with Gasteiger partial charge < -0.3 is 24.8 Å². The average Bonchev–Trinajstić information content (AvgIpc) is 2.94. The summed E-state index contributed by atoms with van der Waals surface area (Å²) in [6, 6.07) is 17.4. The molecule has 0 aliphatic heterocycles. The van der Waals surface area contributed by atoms with Gasteiger partial charge in [-0.3, -0.25) is 14.4 Å². The van der Waals surface area contributed by atoms with E-state index in [0.29, 0.717) is 47.4 Å². The third-order valence-corrected chi connectivity index (χ3v) is 5.59. The lowest BCUT2D eigenvalue weighted by Crippen LogP contribution is -2.32. The van der Waals surface area contributed by atoms with E-state index in [1.54, 1.807) is 42.5 Å². The molecule has 0 aliphatic rings. The van der Waals surface area contributed by atoms with Crippen molar-refractivity contribution < 1.29 is 28.6 Å². The molecule has 3 N–H and O–H groups in total. The van der Waals surface area contributed by atoms with E-state index in [-0.39, 0.29) is 12.5 Å². The Bertz CT molecular complexity index is 1350. The molecule has 0 spiro atoms. The average molecular weight is 547 g/mol. The zero-order valence-electron chi connectivity index (χ0n) is 23.1. The molecule has 10 heteroatoms. The lowest BCUT2D eigenvalue weighted by Gasteiger charge is -2.13. The summed E-state index contributed by atoms with van der Waals surface area (Å²) in [5, 5.41) is 9.16. The molecule has 0 saturated heterocycles. The maximum absolute atomic E-state index is 12.4. The summed E-state index contributed by atoms with van der Waals surface area (Å²) in [6.45, 7) is 8.57. The van der Waals surface area contributed by atoms with Crippen LogP contribution in [0.25, 0.3) is 0 Å². The molecule has 0 unspecified atom stereocenters. The molecule has 0 heterocycles. The molecule has 10 nitrogen and oxygen atoms in total. The van der Waals surface area contributed by atoms with E-state index in [1.807, 2.05) is 45.9 Å². The number of nitrogens with zero attached hydrogens (tertiary/aromatic N) is 1. The van der Waals surface area contributed by atoms with Gasteiger partial charge in [-0.15, -0.1) is 0 Å².